The van der Waals surface area contributed by atoms with Crippen molar-refractivity contribution < 1.29 is 19.1 Å². The molecule has 0 N–H and O–H groups in total. The number of hydrogen-bond donors (Lipinski definition) is 0. The Labute approximate surface area is 112 Å². The summed E-state index contributed by atoms with van der Waals surface area (Å²) in [7, 11) is 1.52. The summed E-state index contributed by atoms with van der Waals surface area (Å²) < 4.78 is 10.5. The smallest absolute Gasteiger partial charge is 0.317 e. The standard InChI is InChI=1S/C15H18O4/c1-15(2,3)19-14(17)10-8-9-6-5-7-11(18-4)12(9)13(10)16/h5-7,10H,8H2,1-4H3. The van der Waals surface area contributed by atoms with E-state index < -0.39 is 17.5 Å². The van der Waals surface area contributed by atoms with Gasteiger partial charge in [-0.25, -0.2) is 0 Å². The normalized spacial score (nSPS) is 18.1. The highest BCUT2D eigenvalue weighted by Gasteiger charge is 2.40. The van der Waals surface area contributed by atoms with Crippen LogP contribution in [0.1, 0.15) is 36.7 Å². The Balaban J connectivity index is 2.27. The summed E-state index contributed by atoms with van der Waals surface area (Å²) in [6.07, 6.45) is 0.389. The summed E-state index contributed by atoms with van der Waals surface area (Å²) >= 11 is 0. The molecule has 0 aliphatic heterocycles. The first-order valence-electron chi connectivity index (χ1n) is 6.26. The third kappa shape index (κ3) is 2.62. The van der Waals surface area contributed by atoms with E-state index in [1.807, 2.05) is 12.1 Å². The molecule has 4 nitrogen and oxygen atoms in total. The molecule has 1 atom stereocenters. The van der Waals surface area contributed by atoms with E-state index in [9.17, 15) is 9.59 Å². The average molecular weight is 262 g/mol. The van der Waals surface area contributed by atoms with Crippen LogP contribution in [-0.2, 0) is 16.0 Å². The van der Waals surface area contributed by atoms with Crippen LogP contribution >= 0.6 is 0 Å². The molecule has 0 bridgehead atoms. The van der Waals surface area contributed by atoms with Gasteiger partial charge in [0.25, 0.3) is 0 Å². The fraction of sp³-hybridized carbons (Fsp3) is 0.467. The summed E-state index contributed by atoms with van der Waals surface area (Å²) in [5, 5.41) is 0. The van der Waals surface area contributed by atoms with Crippen LogP contribution in [0.2, 0.25) is 0 Å². The fourth-order valence-electron chi connectivity index (χ4n) is 2.25. The molecule has 0 spiro atoms. The van der Waals surface area contributed by atoms with Crippen molar-refractivity contribution in [2.45, 2.75) is 32.8 Å². The number of ketones is 1. The Bertz CT molecular complexity index is 525. The van der Waals surface area contributed by atoms with E-state index in [1.165, 1.54) is 7.11 Å². The first-order chi connectivity index (χ1) is 8.83. The zero-order chi connectivity index (χ0) is 14.2. The maximum atomic E-state index is 12.3. The number of hydrogen-bond acceptors (Lipinski definition) is 4. The SMILES string of the molecule is COc1cccc2c1C(=O)C(C(=O)OC(C)(C)C)C2. The third-order valence-corrected chi connectivity index (χ3v) is 3.01. The van der Waals surface area contributed by atoms with Crippen LogP contribution in [0.25, 0.3) is 0 Å². The maximum Gasteiger partial charge on any atom is 0.317 e. The van der Waals surface area contributed by atoms with Gasteiger partial charge in [0, 0.05) is 0 Å². The van der Waals surface area contributed by atoms with Crippen LogP contribution in [0, 0.1) is 5.92 Å². The monoisotopic (exact) mass is 262 g/mol. The van der Waals surface area contributed by atoms with E-state index >= 15 is 0 Å². The number of fused-ring (bicyclic) bond motifs is 1. The second kappa shape index (κ2) is 4.68. The van der Waals surface area contributed by atoms with Crippen molar-refractivity contribution in [3.8, 4) is 5.75 Å². The summed E-state index contributed by atoms with van der Waals surface area (Å²) in [5.41, 5.74) is 0.775. The zero-order valence-corrected chi connectivity index (χ0v) is 11.6. The molecule has 1 aliphatic carbocycles. The Morgan fingerprint density at radius 1 is 1.32 bits per heavy atom. The van der Waals surface area contributed by atoms with Gasteiger partial charge in [-0.1, -0.05) is 12.1 Å². The lowest BCUT2D eigenvalue weighted by atomic mass is 10.0. The van der Waals surface area contributed by atoms with Crippen molar-refractivity contribution in [2.75, 3.05) is 7.11 Å². The molecule has 1 unspecified atom stereocenters. The number of benzene rings is 1. The van der Waals surface area contributed by atoms with Crippen molar-refractivity contribution >= 4 is 11.8 Å². The summed E-state index contributed by atoms with van der Waals surface area (Å²) in [5.74, 6) is -0.892. The molecule has 1 aliphatic rings. The third-order valence-electron chi connectivity index (χ3n) is 3.01. The van der Waals surface area contributed by atoms with Crippen LogP contribution < -0.4 is 4.74 Å². The Morgan fingerprint density at radius 2 is 2.00 bits per heavy atom. The molecule has 0 saturated heterocycles. The fourth-order valence-corrected chi connectivity index (χ4v) is 2.25. The number of carbonyl (C=O) groups is 2. The molecule has 0 radical (unpaired) electrons. The number of Topliss-reactive ketones (excluding diaryl/α,β-unsaturated/α-hetero) is 1. The first-order valence-corrected chi connectivity index (χ1v) is 6.26. The number of methoxy groups -OCH3 is 1. The van der Waals surface area contributed by atoms with Gasteiger partial charge in [-0.2, -0.15) is 0 Å². The molecule has 2 rings (SSSR count). The molecule has 0 fully saturated rings. The van der Waals surface area contributed by atoms with Gasteiger partial charge in [-0.05, 0) is 38.8 Å². The molecule has 0 aromatic heterocycles. The molecule has 0 heterocycles. The second-order valence-electron chi connectivity index (χ2n) is 5.65. The van der Waals surface area contributed by atoms with E-state index in [-0.39, 0.29) is 5.78 Å². The lowest BCUT2D eigenvalue weighted by Crippen LogP contribution is -2.31. The zero-order valence-electron chi connectivity index (χ0n) is 11.6. The molecule has 0 saturated carbocycles. The molecular weight excluding hydrogens is 244 g/mol. The molecule has 102 valence electrons. The molecule has 1 aromatic carbocycles. The number of rotatable bonds is 2. The molecular formula is C15H18O4. The summed E-state index contributed by atoms with van der Waals surface area (Å²) in [6.45, 7) is 5.37. The predicted molar refractivity (Wildman–Crippen MR) is 70.4 cm³/mol. The molecule has 4 heteroatoms. The summed E-state index contributed by atoms with van der Waals surface area (Å²) in [6, 6.07) is 5.40. The van der Waals surface area contributed by atoms with Gasteiger partial charge in [0.2, 0.25) is 0 Å². The topological polar surface area (TPSA) is 52.6 Å². The van der Waals surface area contributed by atoms with Crippen LogP contribution in [0.15, 0.2) is 18.2 Å². The maximum absolute atomic E-state index is 12.3. The lowest BCUT2D eigenvalue weighted by molar-refractivity contribution is -0.157. The first kappa shape index (κ1) is 13.6. The van der Waals surface area contributed by atoms with Gasteiger partial charge >= 0.3 is 5.97 Å². The van der Waals surface area contributed by atoms with E-state index in [0.29, 0.717) is 17.7 Å². The van der Waals surface area contributed by atoms with Crippen molar-refractivity contribution in [1.29, 1.82) is 0 Å². The van der Waals surface area contributed by atoms with E-state index in [2.05, 4.69) is 0 Å². The minimum absolute atomic E-state index is 0.207. The number of carbonyl (C=O) groups excluding carboxylic acids is 2. The minimum atomic E-state index is -0.745. The Hall–Kier alpha value is -1.84. The molecule has 0 amide bonds. The molecule has 19 heavy (non-hydrogen) atoms. The largest absolute Gasteiger partial charge is 0.496 e. The number of ether oxygens (including phenoxy) is 2. The van der Waals surface area contributed by atoms with Crippen molar-refractivity contribution in [3.63, 3.8) is 0 Å². The lowest BCUT2D eigenvalue weighted by Gasteiger charge is -2.21. The number of esters is 1. The van der Waals surface area contributed by atoms with Gasteiger partial charge in [0.15, 0.2) is 5.78 Å². The summed E-state index contributed by atoms with van der Waals surface area (Å²) in [4.78, 5) is 24.4. The van der Waals surface area contributed by atoms with Crippen LogP contribution in [0.5, 0.6) is 5.75 Å². The van der Waals surface area contributed by atoms with Gasteiger partial charge in [-0.3, -0.25) is 9.59 Å². The van der Waals surface area contributed by atoms with Gasteiger partial charge in [0.05, 0.1) is 12.7 Å². The van der Waals surface area contributed by atoms with Gasteiger partial charge in [0.1, 0.15) is 17.3 Å². The Morgan fingerprint density at radius 3 is 2.58 bits per heavy atom. The molecule has 1 aromatic rings. The highest BCUT2D eigenvalue weighted by molar-refractivity contribution is 6.13. The van der Waals surface area contributed by atoms with Crippen molar-refractivity contribution in [2.24, 2.45) is 5.92 Å². The van der Waals surface area contributed by atoms with E-state index in [1.54, 1.807) is 26.8 Å². The minimum Gasteiger partial charge on any atom is -0.496 e. The quantitative estimate of drug-likeness (QED) is 0.606. The van der Waals surface area contributed by atoms with E-state index in [4.69, 9.17) is 9.47 Å². The highest BCUT2D eigenvalue weighted by Crippen LogP contribution is 2.34. The van der Waals surface area contributed by atoms with Crippen molar-refractivity contribution in [3.05, 3.63) is 29.3 Å². The van der Waals surface area contributed by atoms with Crippen LogP contribution in [-0.4, -0.2) is 24.5 Å². The van der Waals surface area contributed by atoms with Crippen LogP contribution in [0.4, 0.5) is 0 Å². The van der Waals surface area contributed by atoms with E-state index in [0.717, 1.165) is 5.56 Å². The average Bonchev–Trinajstić information content (AvgIpc) is 2.65. The Kier molecular flexibility index (Phi) is 3.35. The van der Waals surface area contributed by atoms with Crippen molar-refractivity contribution in [1.82, 2.24) is 0 Å². The highest BCUT2D eigenvalue weighted by atomic mass is 16.6. The second-order valence-corrected chi connectivity index (χ2v) is 5.65. The van der Waals surface area contributed by atoms with Gasteiger partial charge < -0.3 is 9.47 Å². The van der Waals surface area contributed by atoms with Gasteiger partial charge in [-0.15, -0.1) is 0 Å². The predicted octanol–water partition coefficient (Wildman–Crippen LogP) is 2.39. The van der Waals surface area contributed by atoms with Crippen LogP contribution in [0.3, 0.4) is 0 Å².